The maximum Gasteiger partial charge on any atom is 0.262 e. The predicted octanol–water partition coefficient (Wildman–Crippen LogP) is 6.99. The number of ether oxygens (including phenoxy) is 1. The molecule has 188 valence electrons. The molecule has 1 aromatic heterocycles. The van der Waals surface area contributed by atoms with Crippen molar-refractivity contribution in [2.24, 2.45) is 5.92 Å². The molecule has 3 aromatic rings. The Kier molecular flexibility index (Phi) is 7.15. The molecule has 1 aliphatic carbocycles. The molecule has 2 fully saturated rings. The van der Waals surface area contributed by atoms with Gasteiger partial charge in [0.25, 0.3) is 5.91 Å². The van der Waals surface area contributed by atoms with Crippen molar-refractivity contribution in [3.63, 3.8) is 0 Å². The number of anilines is 1. The van der Waals surface area contributed by atoms with Gasteiger partial charge in [-0.1, -0.05) is 49.7 Å². The Balaban J connectivity index is 1.48. The number of amides is 1. The van der Waals surface area contributed by atoms with Crippen molar-refractivity contribution < 1.29 is 9.53 Å². The maximum atomic E-state index is 13.9. The average molecular weight is 502 g/mol. The number of nitrogens with zero attached hydrogens (tertiary/aromatic N) is 2. The zero-order valence-electron chi connectivity index (χ0n) is 21.5. The van der Waals surface area contributed by atoms with E-state index in [0.717, 1.165) is 45.4 Å². The molecule has 2 aliphatic rings. The summed E-state index contributed by atoms with van der Waals surface area (Å²) in [6.45, 7) is 6.53. The number of carbonyl (C=O) groups is 1. The SMILES string of the molecule is COc1ccc(-n2c(C)cc(/C=C3\SC(Nc4ccccc4)N([C@H]4CCCC[C@H]4C)C3=O)c2C)cc1. The van der Waals surface area contributed by atoms with Gasteiger partial charge in [-0.25, -0.2) is 0 Å². The number of aromatic nitrogens is 1. The Hall–Kier alpha value is -3.12. The predicted molar refractivity (Wildman–Crippen MR) is 149 cm³/mol. The summed E-state index contributed by atoms with van der Waals surface area (Å²) < 4.78 is 7.55. The highest BCUT2D eigenvalue weighted by atomic mass is 32.2. The van der Waals surface area contributed by atoms with E-state index in [1.54, 1.807) is 18.9 Å². The first-order chi connectivity index (χ1) is 17.5. The topological polar surface area (TPSA) is 46.5 Å². The van der Waals surface area contributed by atoms with E-state index in [9.17, 15) is 4.79 Å². The fourth-order valence-corrected chi connectivity index (χ4v) is 6.77. The van der Waals surface area contributed by atoms with Crippen LogP contribution in [0.2, 0.25) is 0 Å². The van der Waals surface area contributed by atoms with Gasteiger partial charge in [-0.3, -0.25) is 4.79 Å². The first-order valence-corrected chi connectivity index (χ1v) is 13.7. The van der Waals surface area contributed by atoms with E-state index in [2.05, 4.69) is 72.0 Å². The Morgan fingerprint density at radius 1 is 1.03 bits per heavy atom. The fraction of sp³-hybridized carbons (Fsp3) is 0.367. The van der Waals surface area contributed by atoms with Crippen molar-refractivity contribution in [2.75, 3.05) is 12.4 Å². The van der Waals surface area contributed by atoms with Crippen LogP contribution in [0.15, 0.2) is 65.6 Å². The smallest absolute Gasteiger partial charge is 0.262 e. The third kappa shape index (κ3) is 4.79. The van der Waals surface area contributed by atoms with Crippen LogP contribution >= 0.6 is 11.8 Å². The van der Waals surface area contributed by atoms with Gasteiger partial charge in [-0.05, 0) is 86.7 Å². The first-order valence-electron chi connectivity index (χ1n) is 12.8. The number of carbonyl (C=O) groups excluding carboxylic acids is 1. The molecule has 2 aromatic carbocycles. The molecule has 0 bridgehead atoms. The molecule has 0 spiro atoms. The highest BCUT2D eigenvalue weighted by Gasteiger charge is 2.43. The highest BCUT2D eigenvalue weighted by molar-refractivity contribution is 8.05. The number of nitrogens with one attached hydrogen (secondary N) is 1. The molecular weight excluding hydrogens is 466 g/mol. The minimum absolute atomic E-state index is 0.109. The minimum atomic E-state index is -0.109. The van der Waals surface area contributed by atoms with Crippen LogP contribution in [-0.4, -0.2) is 34.0 Å². The van der Waals surface area contributed by atoms with Crippen LogP contribution in [0.5, 0.6) is 5.75 Å². The number of para-hydroxylation sites is 1. The second kappa shape index (κ2) is 10.5. The summed E-state index contributed by atoms with van der Waals surface area (Å²) in [5.41, 5.74) is 5.35. The number of methoxy groups -OCH3 is 1. The van der Waals surface area contributed by atoms with E-state index in [1.165, 1.54) is 19.3 Å². The molecule has 1 aliphatic heterocycles. The monoisotopic (exact) mass is 501 g/mol. The Morgan fingerprint density at radius 2 is 1.75 bits per heavy atom. The number of thioether (sulfide) groups is 1. The Bertz CT molecular complexity index is 1250. The largest absolute Gasteiger partial charge is 0.497 e. The molecule has 36 heavy (non-hydrogen) atoms. The molecule has 0 radical (unpaired) electrons. The lowest BCUT2D eigenvalue weighted by Crippen LogP contribution is -2.48. The lowest BCUT2D eigenvalue weighted by atomic mass is 9.85. The van der Waals surface area contributed by atoms with Crippen molar-refractivity contribution in [1.82, 2.24) is 9.47 Å². The molecule has 1 unspecified atom stereocenters. The van der Waals surface area contributed by atoms with Gasteiger partial charge in [-0.15, -0.1) is 0 Å². The van der Waals surface area contributed by atoms with Gasteiger partial charge < -0.3 is 19.5 Å². The number of hydrogen-bond donors (Lipinski definition) is 1. The molecule has 1 N–H and O–H groups in total. The Labute approximate surface area is 218 Å². The Morgan fingerprint density at radius 3 is 2.44 bits per heavy atom. The van der Waals surface area contributed by atoms with Crippen LogP contribution in [0.1, 0.15) is 49.6 Å². The second-order valence-electron chi connectivity index (χ2n) is 9.89. The summed E-state index contributed by atoms with van der Waals surface area (Å²) >= 11 is 1.64. The zero-order valence-corrected chi connectivity index (χ0v) is 22.3. The normalized spacial score (nSPS) is 23.3. The summed E-state index contributed by atoms with van der Waals surface area (Å²) in [5, 5.41) is 3.63. The molecule has 3 atom stereocenters. The zero-order chi connectivity index (χ0) is 25.2. The van der Waals surface area contributed by atoms with E-state index < -0.39 is 0 Å². The van der Waals surface area contributed by atoms with E-state index in [4.69, 9.17) is 4.74 Å². The van der Waals surface area contributed by atoms with Crippen LogP contribution in [0.4, 0.5) is 5.69 Å². The standard InChI is InChI=1S/C30H35N3O2S/c1-20-10-8-9-13-27(20)33-29(34)28(36-30(33)31-24-11-6-5-7-12-24)19-23-18-21(2)32(22(23)3)25-14-16-26(35-4)17-15-25/h5-7,11-12,14-20,27,30-31H,8-10,13H2,1-4H3/b28-19-/t20-,27+,30?/m1/s1. The molecule has 5 rings (SSSR count). The van der Waals surface area contributed by atoms with Gasteiger partial charge in [-0.2, -0.15) is 0 Å². The van der Waals surface area contributed by atoms with Crippen molar-refractivity contribution >= 4 is 29.4 Å². The van der Waals surface area contributed by atoms with E-state index in [1.807, 2.05) is 30.3 Å². The van der Waals surface area contributed by atoms with Crippen LogP contribution in [0.3, 0.4) is 0 Å². The number of benzene rings is 2. The second-order valence-corrected chi connectivity index (χ2v) is 11.0. The third-order valence-electron chi connectivity index (χ3n) is 7.51. The first kappa shape index (κ1) is 24.6. The minimum Gasteiger partial charge on any atom is -0.497 e. The van der Waals surface area contributed by atoms with Gasteiger partial charge in [0.05, 0.1) is 12.0 Å². The molecule has 1 saturated heterocycles. The third-order valence-corrected chi connectivity index (χ3v) is 8.63. The van der Waals surface area contributed by atoms with Crippen molar-refractivity contribution in [3.8, 4) is 11.4 Å². The number of hydrogen-bond acceptors (Lipinski definition) is 4. The average Bonchev–Trinajstić information content (AvgIpc) is 3.34. The quantitative estimate of drug-likeness (QED) is 0.370. The van der Waals surface area contributed by atoms with E-state index in [-0.39, 0.29) is 17.4 Å². The summed E-state index contributed by atoms with van der Waals surface area (Å²) in [4.78, 5) is 16.8. The number of rotatable bonds is 6. The molecular formula is C30H35N3O2S. The van der Waals surface area contributed by atoms with Crippen LogP contribution in [0, 0.1) is 19.8 Å². The molecule has 1 amide bonds. The summed E-state index contributed by atoms with van der Waals surface area (Å²) in [5.74, 6) is 1.48. The molecule has 1 saturated carbocycles. The highest BCUT2D eigenvalue weighted by Crippen LogP contribution is 2.42. The number of aryl methyl sites for hydroxylation is 1. The van der Waals surface area contributed by atoms with Gasteiger partial charge in [0.15, 0.2) is 5.50 Å². The fourth-order valence-electron chi connectivity index (χ4n) is 5.57. The summed E-state index contributed by atoms with van der Waals surface area (Å²) in [6, 6.07) is 20.7. The molecule has 6 heteroatoms. The lowest BCUT2D eigenvalue weighted by molar-refractivity contribution is -0.129. The van der Waals surface area contributed by atoms with Crippen molar-refractivity contribution in [3.05, 3.63) is 82.5 Å². The van der Waals surface area contributed by atoms with Crippen LogP contribution < -0.4 is 10.1 Å². The molecule has 2 heterocycles. The van der Waals surface area contributed by atoms with E-state index in [0.29, 0.717) is 5.92 Å². The summed E-state index contributed by atoms with van der Waals surface area (Å²) in [6.07, 6.45) is 6.77. The maximum absolute atomic E-state index is 13.9. The van der Waals surface area contributed by atoms with Crippen LogP contribution in [0.25, 0.3) is 11.8 Å². The van der Waals surface area contributed by atoms with E-state index >= 15 is 0 Å². The van der Waals surface area contributed by atoms with Gasteiger partial charge in [0, 0.05) is 28.8 Å². The molecule has 5 nitrogen and oxygen atoms in total. The van der Waals surface area contributed by atoms with Crippen molar-refractivity contribution in [1.29, 1.82) is 0 Å². The van der Waals surface area contributed by atoms with Gasteiger partial charge >= 0.3 is 0 Å². The van der Waals surface area contributed by atoms with Crippen LogP contribution in [-0.2, 0) is 4.79 Å². The van der Waals surface area contributed by atoms with Gasteiger partial charge in [0.2, 0.25) is 0 Å². The summed E-state index contributed by atoms with van der Waals surface area (Å²) in [7, 11) is 1.68. The van der Waals surface area contributed by atoms with Crippen molar-refractivity contribution in [2.45, 2.75) is 58.0 Å². The van der Waals surface area contributed by atoms with Gasteiger partial charge in [0.1, 0.15) is 5.75 Å². The lowest BCUT2D eigenvalue weighted by Gasteiger charge is -2.39.